The van der Waals surface area contributed by atoms with Gasteiger partial charge in [0.2, 0.25) is 11.9 Å². The lowest BCUT2D eigenvalue weighted by atomic mass is 9.87. The summed E-state index contributed by atoms with van der Waals surface area (Å²) in [7, 11) is 0. The van der Waals surface area contributed by atoms with Gasteiger partial charge in [-0.25, -0.2) is 9.97 Å². The average molecular weight is 447 g/mol. The molecule has 1 saturated carbocycles. The Morgan fingerprint density at radius 3 is 2.30 bits per heavy atom. The van der Waals surface area contributed by atoms with Crippen molar-refractivity contribution in [3.05, 3.63) is 34.4 Å². The van der Waals surface area contributed by atoms with E-state index in [9.17, 15) is 0 Å². The van der Waals surface area contributed by atoms with Crippen LogP contribution in [-0.4, -0.2) is 25.1 Å². The molecule has 30 heavy (non-hydrogen) atoms. The summed E-state index contributed by atoms with van der Waals surface area (Å²) in [6.45, 7) is 8.60. The van der Waals surface area contributed by atoms with Crippen molar-refractivity contribution in [2.45, 2.75) is 65.0 Å². The second kappa shape index (κ2) is 8.23. The Hall–Kier alpha value is -2.05. The average Bonchev–Trinajstić information content (AvgIpc) is 2.97. The van der Waals surface area contributed by atoms with Crippen LogP contribution in [0.4, 0.5) is 17.6 Å². The highest BCUT2D eigenvalue weighted by molar-refractivity contribution is 6.35. The van der Waals surface area contributed by atoms with E-state index in [0.29, 0.717) is 22.0 Å². The van der Waals surface area contributed by atoms with Gasteiger partial charge >= 0.3 is 0 Å². The quantitative estimate of drug-likeness (QED) is 0.458. The summed E-state index contributed by atoms with van der Waals surface area (Å²) in [5, 5.41) is 7.94. The van der Waals surface area contributed by atoms with Crippen molar-refractivity contribution < 1.29 is 0 Å². The van der Waals surface area contributed by atoms with Gasteiger partial charge in [0.25, 0.3) is 0 Å². The number of benzene rings is 1. The Morgan fingerprint density at radius 2 is 1.67 bits per heavy atom. The van der Waals surface area contributed by atoms with E-state index >= 15 is 0 Å². The van der Waals surface area contributed by atoms with E-state index in [1.54, 1.807) is 12.3 Å². The Kier molecular flexibility index (Phi) is 5.82. The molecule has 0 spiro atoms. The molecule has 0 bridgehead atoms. The van der Waals surface area contributed by atoms with Gasteiger partial charge in [0, 0.05) is 27.3 Å². The summed E-state index contributed by atoms with van der Waals surface area (Å²) in [5.74, 6) is 2.11. The van der Waals surface area contributed by atoms with Crippen molar-refractivity contribution in [2.75, 3.05) is 10.6 Å². The second-order valence-electron chi connectivity index (χ2n) is 9.28. The fraction of sp³-hybridized carbons (Fsp3) is 0.500. The minimum Gasteiger partial charge on any atom is -0.350 e. The lowest BCUT2D eigenvalue weighted by molar-refractivity contribution is 0.295. The summed E-state index contributed by atoms with van der Waals surface area (Å²) in [6, 6.07) is 5.74. The zero-order valence-corrected chi connectivity index (χ0v) is 19.3. The molecule has 1 fully saturated rings. The number of nitrogens with zero attached hydrogens (tertiary/aromatic N) is 4. The molecule has 160 valence electrons. The molecule has 1 aliphatic carbocycles. The van der Waals surface area contributed by atoms with Crippen molar-refractivity contribution in [3.8, 4) is 0 Å². The Bertz CT molecular complexity index is 1030. The normalized spacial score (nSPS) is 19.8. The van der Waals surface area contributed by atoms with Crippen molar-refractivity contribution in [1.29, 1.82) is 0 Å². The van der Waals surface area contributed by atoms with Gasteiger partial charge in [-0.1, -0.05) is 30.1 Å². The molecule has 0 aliphatic heterocycles. The monoisotopic (exact) mass is 446 g/mol. The molecule has 6 nitrogen and oxygen atoms in total. The van der Waals surface area contributed by atoms with Gasteiger partial charge in [-0.05, 0) is 70.6 Å². The number of halogens is 2. The first kappa shape index (κ1) is 21.2. The van der Waals surface area contributed by atoms with Gasteiger partial charge < -0.3 is 10.6 Å². The van der Waals surface area contributed by atoms with E-state index in [1.807, 2.05) is 12.1 Å². The number of hydrogen-bond donors (Lipinski definition) is 2. The molecule has 4 rings (SSSR count). The lowest BCUT2D eigenvalue weighted by Crippen LogP contribution is -2.27. The van der Waals surface area contributed by atoms with Crippen LogP contribution in [-0.2, 0) is 0 Å². The fourth-order valence-electron chi connectivity index (χ4n) is 3.98. The van der Waals surface area contributed by atoms with Gasteiger partial charge in [0.05, 0.1) is 6.20 Å². The maximum absolute atomic E-state index is 6.20. The molecular formula is C22H28Cl2N6. The summed E-state index contributed by atoms with van der Waals surface area (Å²) in [4.78, 5) is 14.1. The van der Waals surface area contributed by atoms with Gasteiger partial charge in [0.15, 0.2) is 5.65 Å². The van der Waals surface area contributed by atoms with Gasteiger partial charge in [-0.2, -0.15) is 4.98 Å². The summed E-state index contributed by atoms with van der Waals surface area (Å²) in [5.41, 5.74) is 2.28. The van der Waals surface area contributed by atoms with Crippen LogP contribution in [0.3, 0.4) is 0 Å². The third-order valence-electron chi connectivity index (χ3n) is 5.39. The standard InChI is InChI=1S/C22H28Cl2N6/c1-13-5-7-17(8-6-13)30-19-18(12-25-20(28-19)29-22(2,3)4)27-21(30)26-16-10-14(23)9-15(24)11-16/h9-13,17H,5-8H2,1-4H3,(H,26,27)(H,25,28,29). The number of rotatable bonds is 4. The number of anilines is 3. The van der Waals surface area contributed by atoms with E-state index < -0.39 is 0 Å². The maximum atomic E-state index is 6.20. The Balaban J connectivity index is 1.78. The van der Waals surface area contributed by atoms with Gasteiger partial charge in [-0.15, -0.1) is 0 Å². The second-order valence-corrected chi connectivity index (χ2v) is 10.2. The predicted molar refractivity (Wildman–Crippen MR) is 125 cm³/mol. The largest absolute Gasteiger partial charge is 0.350 e. The SMILES string of the molecule is CC1CCC(n2c(Nc3cc(Cl)cc(Cl)c3)nc3cnc(NC(C)(C)C)nc32)CC1. The predicted octanol–water partition coefficient (Wildman–Crippen LogP) is 6.84. The van der Waals surface area contributed by atoms with Crippen molar-refractivity contribution in [2.24, 2.45) is 5.92 Å². The van der Waals surface area contributed by atoms with Crippen molar-refractivity contribution >= 4 is 51.9 Å². The van der Waals surface area contributed by atoms with Gasteiger partial charge in [-0.3, -0.25) is 4.57 Å². The molecule has 0 amide bonds. The van der Waals surface area contributed by atoms with Crippen LogP contribution in [0.5, 0.6) is 0 Å². The van der Waals surface area contributed by atoms with E-state index in [1.165, 1.54) is 12.8 Å². The van der Waals surface area contributed by atoms with Crippen molar-refractivity contribution in [1.82, 2.24) is 19.5 Å². The van der Waals surface area contributed by atoms with E-state index in [4.69, 9.17) is 33.2 Å². The number of nitrogens with one attached hydrogen (secondary N) is 2. The number of hydrogen-bond acceptors (Lipinski definition) is 5. The minimum absolute atomic E-state index is 0.128. The zero-order chi connectivity index (χ0) is 21.5. The van der Waals surface area contributed by atoms with Crippen LogP contribution in [0.15, 0.2) is 24.4 Å². The van der Waals surface area contributed by atoms with Crippen LogP contribution < -0.4 is 10.6 Å². The lowest BCUT2D eigenvalue weighted by Gasteiger charge is -2.28. The fourth-order valence-corrected chi connectivity index (χ4v) is 4.50. The molecule has 0 saturated heterocycles. The van der Waals surface area contributed by atoms with Gasteiger partial charge in [0.1, 0.15) is 5.52 Å². The first-order valence-electron chi connectivity index (χ1n) is 10.4. The Labute approximate surface area is 187 Å². The molecule has 2 N–H and O–H groups in total. The van der Waals surface area contributed by atoms with E-state index in [-0.39, 0.29) is 5.54 Å². The zero-order valence-electron chi connectivity index (χ0n) is 17.8. The summed E-state index contributed by atoms with van der Waals surface area (Å²) < 4.78 is 2.23. The molecule has 3 aromatic rings. The molecule has 2 aromatic heterocycles. The molecule has 0 radical (unpaired) electrons. The first-order chi connectivity index (χ1) is 14.2. The summed E-state index contributed by atoms with van der Waals surface area (Å²) >= 11 is 12.4. The first-order valence-corrected chi connectivity index (χ1v) is 11.2. The highest BCUT2D eigenvalue weighted by Gasteiger charge is 2.26. The highest BCUT2D eigenvalue weighted by atomic mass is 35.5. The molecule has 2 heterocycles. The molecule has 0 atom stereocenters. The third kappa shape index (κ3) is 4.81. The molecule has 1 aliphatic rings. The molecule has 8 heteroatoms. The highest BCUT2D eigenvalue weighted by Crippen LogP contribution is 2.37. The van der Waals surface area contributed by atoms with Crippen LogP contribution in [0.2, 0.25) is 10.0 Å². The smallest absolute Gasteiger partial charge is 0.225 e. The summed E-state index contributed by atoms with van der Waals surface area (Å²) in [6.07, 6.45) is 6.39. The molecular weight excluding hydrogens is 419 g/mol. The van der Waals surface area contributed by atoms with E-state index in [2.05, 4.69) is 47.9 Å². The minimum atomic E-state index is -0.128. The van der Waals surface area contributed by atoms with Crippen molar-refractivity contribution in [3.63, 3.8) is 0 Å². The number of imidazole rings is 1. The van der Waals surface area contributed by atoms with Crippen LogP contribution >= 0.6 is 23.2 Å². The maximum Gasteiger partial charge on any atom is 0.225 e. The number of aromatic nitrogens is 4. The topological polar surface area (TPSA) is 67.7 Å². The molecule has 0 unspecified atom stereocenters. The Morgan fingerprint density at radius 1 is 1.00 bits per heavy atom. The van der Waals surface area contributed by atoms with Crippen LogP contribution in [0, 0.1) is 5.92 Å². The van der Waals surface area contributed by atoms with Crippen LogP contribution in [0.1, 0.15) is 59.4 Å². The third-order valence-corrected chi connectivity index (χ3v) is 5.83. The van der Waals surface area contributed by atoms with E-state index in [0.717, 1.165) is 41.6 Å². The number of fused-ring (bicyclic) bond motifs is 1. The molecule has 1 aromatic carbocycles. The van der Waals surface area contributed by atoms with Crippen LogP contribution in [0.25, 0.3) is 11.2 Å².